The first-order chi connectivity index (χ1) is 8.61. The van der Waals surface area contributed by atoms with Crippen molar-refractivity contribution in [2.45, 2.75) is 13.3 Å². The minimum absolute atomic E-state index is 0.245. The number of ether oxygens (including phenoxy) is 1. The van der Waals surface area contributed by atoms with Crippen LogP contribution in [0.15, 0.2) is 28.9 Å². The Bertz CT molecular complexity index is 580. The Labute approximate surface area is 113 Å². The molecule has 0 aliphatic heterocycles. The Balaban J connectivity index is 2.21. The quantitative estimate of drug-likeness (QED) is 0.636. The first-order valence-electron chi connectivity index (χ1n) is 5.22. The van der Waals surface area contributed by atoms with Gasteiger partial charge >= 0.3 is 5.97 Å². The first kappa shape index (κ1) is 12.9. The number of carbonyl (C=O) groups excluding carboxylic acids is 1. The van der Waals surface area contributed by atoms with Gasteiger partial charge in [-0.15, -0.1) is 0 Å². The number of nitrogens with zero attached hydrogens (tertiary/aromatic N) is 1. The number of rotatable bonds is 3. The molecule has 2 rings (SSSR count). The van der Waals surface area contributed by atoms with E-state index in [-0.39, 0.29) is 10.8 Å². The van der Waals surface area contributed by atoms with E-state index >= 15 is 0 Å². The van der Waals surface area contributed by atoms with Crippen molar-refractivity contribution in [1.82, 2.24) is 5.16 Å². The van der Waals surface area contributed by atoms with E-state index in [9.17, 15) is 4.79 Å². The lowest BCUT2D eigenvalue weighted by molar-refractivity contribution is 0.0732. The average Bonchev–Trinajstić information content (AvgIpc) is 2.81. The van der Waals surface area contributed by atoms with Crippen LogP contribution in [0, 0.1) is 0 Å². The summed E-state index contributed by atoms with van der Waals surface area (Å²) in [5.74, 6) is 0.164. The fourth-order valence-electron chi connectivity index (χ4n) is 1.40. The molecule has 0 N–H and O–H groups in total. The van der Waals surface area contributed by atoms with Gasteiger partial charge in [0.05, 0.1) is 11.2 Å². The van der Waals surface area contributed by atoms with Gasteiger partial charge in [-0.05, 0) is 18.2 Å². The Morgan fingerprint density at radius 3 is 2.89 bits per heavy atom. The highest BCUT2D eigenvalue weighted by atomic mass is 35.5. The number of carbonyl (C=O) groups is 1. The Hall–Kier alpha value is -1.52. The van der Waals surface area contributed by atoms with E-state index in [2.05, 4.69) is 5.16 Å². The molecule has 6 heteroatoms. The third-order valence-corrected chi connectivity index (χ3v) is 2.81. The average molecular weight is 286 g/mol. The number of aryl methyl sites for hydroxylation is 1. The minimum atomic E-state index is -0.558. The van der Waals surface area contributed by atoms with E-state index in [1.165, 1.54) is 18.3 Å². The Morgan fingerprint density at radius 2 is 2.22 bits per heavy atom. The highest BCUT2D eigenvalue weighted by Crippen LogP contribution is 2.28. The van der Waals surface area contributed by atoms with E-state index in [4.69, 9.17) is 32.5 Å². The van der Waals surface area contributed by atoms with Crippen LogP contribution in [0.3, 0.4) is 0 Å². The maximum Gasteiger partial charge on any atom is 0.348 e. The molecule has 0 bridgehead atoms. The molecule has 0 atom stereocenters. The van der Waals surface area contributed by atoms with Crippen molar-refractivity contribution in [3.05, 3.63) is 45.8 Å². The van der Waals surface area contributed by atoms with Gasteiger partial charge in [-0.3, -0.25) is 0 Å². The maximum absolute atomic E-state index is 11.9. The van der Waals surface area contributed by atoms with Gasteiger partial charge in [0.15, 0.2) is 5.76 Å². The highest BCUT2D eigenvalue weighted by Gasteiger charge is 2.18. The molecular formula is C12H9Cl2NO3. The number of hydrogen-bond acceptors (Lipinski definition) is 4. The fraction of sp³-hybridized carbons (Fsp3) is 0.167. The van der Waals surface area contributed by atoms with Gasteiger partial charge in [0, 0.05) is 11.4 Å². The third kappa shape index (κ3) is 2.66. The van der Waals surface area contributed by atoms with Crippen LogP contribution in [-0.2, 0) is 6.42 Å². The zero-order valence-corrected chi connectivity index (χ0v) is 11.0. The minimum Gasteiger partial charge on any atom is -0.421 e. The van der Waals surface area contributed by atoms with Gasteiger partial charge in [0.1, 0.15) is 11.3 Å². The standard InChI is InChI=1S/C12H9Cl2NO3/c1-2-10-8(6-15-18-10)12(16)17-11-4-3-7(13)5-9(11)14/h3-6H,2H2,1H3. The highest BCUT2D eigenvalue weighted by molar-refractivity contribution is 6.35. The van der Waals surface area contributed by atoms with Gasteiger partial charge in [-0.2, -0.15) is 0 Å². The third-order valence-electron chi connectivity index (χ3n) is 2.28. The molecule has 1 aromatic heterocycles. The summed E-state index contributed by atoms with van der Waals surface area (Å²) in [7, 11) is 0. The summed E-state index contributed by atoms with van der Waals surface area (Å²) in [6, 6.07) is 4.62. The summed E-state index contributed by atoms with van der Waals surface area (Å²) < 4.78 is 10.1. The summed E-state index contributed by atoms with van der Waals surface area (Å²) in [5, 5.41) is 4.30. The monoisotopic (exact) mass is 285 g/mol. The molecule has 4 nitrogen and oxygen atoms in total. The van der Waals surface area contributed by atoms with E-state index in [0.717, 1.165) is 0 Å². The van der Waals surface area contributed by atoms with Crippen molar-refractivity contribution in [1.29, 1.82) is 0 Å². The normalized spacial score (nSPS) is 10.4. The molecule has 0 aliphatic carbocycles. The zero-order chi connectivity index (χ0) is 13.1. The van der Waals surface area contributed by atoms with E-state index in [0.29, 0.717) is 22.8 Å². The molecule has 0 unspecified atom stereocenters. The molecule has 0 saturated heterocycles. The van der Waals surface area contributed by atoms with Crippen LogP contribution < -0.4 is 4.74 Å². The summed E-state index contributed by atoms with van der Waals surface area (Å²) >= 11 is 11.7. The SMILES string of the molecule is CCc1oncc1C(=O)Oc1ccc(Cl)cc1Cl. The van der Waals surface area contributed by atoms with E-state index in [1.807, 2.05) is 6.92 Å². The lowest BCUT2D eigenvalue weighted by Gasteiger charge is -2.05. The largest absolute Gasteiger partial charge is 0.421 e. The summed E-state index contributed by atoms with van der Waals surface area (Å²) in [6.07, 6.45) is 1.88. The van der Waals surface area contributed by atoms with Crippen molar-refractivity contribution < 1.29 is 14.1 Å². The molecule has 18 heavy (non-hydrogen) atoms. The van der Waals surface area contributed by atoms with Gasteiger partial charge < -0.3 is 9.26 Å². The topological polar surface area (TPSA) is 52.3 Å². The summed E-state index contributed by atoms with van der Waals surface area (Å²) in [4.78, 5) is 11.9. The van der Waals surface area contributed by atoms with E-state index in [1.54, 1.807) is 6.07 Å². The second-order valence-corrected chi connectivity index (χ2v) is 4.32. The van der Waals surface area contributed by atoms with Gasteiger partial charge in [-0.1, -0.05) is 35.3 Å². The molecule has 1 heterocycles. The number of hydrogen-bond donors (Lipinski definition) is 0. The molecule has 0 radical (unpaired) electrons. The van der Waals surface area contributed by atoms with Gasteiger partial charge in [0.25, 0.3) is 0 Å². The summed E-state index contributed by atoms with van der Waals surface area (Å²) in [6.45, 7) is 1.85. The predicted octanol–water partition coefficient (Wildman–Crippen LogP) is 3.76. The van der Waals surface area contributed by atoms with Crippen LogP contribution in [-0.4, -0.2) is 11.1 Å². The molecule has 0 aliphatic rings. The fourth-order valence-corrected chi connectivity index (χ4v) is 1.85. The maximum atomic E-state index is 11.9. The second kappa shape index (κ2) is 5.42. The number of aromatic nitrogens is 1. The number of benzene rings is 1. The smallest absolute Gasteiger partial charge is 0.348 e. The van der Waals surface area contributed by atoms with E-state index < -0.39 is 5.97 Å². The molecule has 0 amide bonds. The molecule has 0 spiro atoms. The van der Waals surface area contributed by atoms with Crippen LogP contribution in [0.4, 0.5) is 0 Å². The predicted molar refractivity (Wildman–Crippen MR) is 67.3 cm³/mol. The van der Waals surface area contributed by atoms with Gasteiger partial charge in [-0.25, -0.2) is 4.79 Å². The number of esters is 1. The second-order valence-electron chi connectivity index (χ2n) is 3.48. The van der Waals surface area contributed by atoms with Gasteiger partial charge in [0.2, 0.25) is 0 Å². The molecular weight excluding hydrogens is 277 g/mol. The van der Waals surface area contributed by atoms with Crippen molar-refractivity contribution >= 4 is 29.2 Å². The van der Waals surface area contributed by atoms with Crippen LogP contribution in [0.2, 0.25) is 10.0 Å². The molecule has 94 valence electrons. The zero-order valence-electron chi connectivity index (χ0n) is 9.44. The van der Waals surface area contributed by atoms with Crippen LogP contribution in [0.25, 0.3) is 0 Å². The van der Waals surface area contributed by atoms with Crippen molar-refractivity contribution in [3.63, 3.8) is 0 Å². The number of halogens is 2. The van der Waals surface area contributed by atoms with Crippen LogP contribution in [0.5, 0.6) is 5.75 Å². The molecule has 1 aromatic carbocycles. The molecule has 0 fully saturated rings. The van der Waals surface area contributed by atoms with Crippen LogP contribution >= 0.6 is 23.2 Å². The molecule has 2 aromatic rings. The van der Waals surface area contributed by atoms with Crippen molar-refractivity contribution in [3.8, 4) is 5.75 Å². The van der Waals surface area contributed by atoms with Crippen molar-refractivity contribution in [2.24, 2.45) is 0 Å². The van der Waals surface area contributed by atoms with Crippen LogP contribution in [0.1, 0.15) is 23.0 Å². The Kier molecular flexibility index (Phi) is 3.89. The Morgan fingerprint density at radius 1 is 1.44 bits per heavy atom. The molecule has 0 saturated carbocycles. The first-order valence-corrected chi connectivity index (χ1v) is 5.98. The lowest BCUT2D eigenvalue weighted by Crippen LogP contribution is -2.09. The summed E-state index contributed by atoms with van der Waals surface area (Å²) in [5.41, 5.74) is 0.295. The lowest BCUT2D eigenvalue weighted by atomic mass is 10.2. The van der Waals surface area contributed by atoms with Crippen molar-refractivity contribution in [2.75, 3.05) is 0 Å².